The Morgan fingerprint density at radius 2 is 2.05 bits per heavy atom. The van der Waals surface area contributed by atoms with E-state index >= 15 is 0 Å². The Bertz CT molecular complexity index is 477. The number of urea groups is 1. The molecule has 6 nitrogen and oxygen atoms in total. The van der Waals surface area contributed by atoms with Crippen LogP contribution in [0.1, 0.15) is 10.4 Å². The van der Waals surface area contributed by atoms with Crippen LogP contribution in [0.3, 0.4) is 0 Å². The fraction of sp³-hybridized carbons (Fsp3) is 0.333. The summed E-state index contributed by atoms with van der Waals surface area (Å²) >= 11 is 0. The van der Waals surface area contributed by atoms with E-state index in [4.69, 9.17) is 5.11 Å². The molecule has 7 heteroatoms. The highest BCUT2D eigenvalue weighted by atomic mass is 19.1. The van der Waals surface area contributed by atoms with E-state index in [2.05, 4.69) is 10.6 Å². The van der Waals surface area contributed by atoms with Crippen molar-refractivity contribution in [3.63, 3.8) is 0 Å². The third-order valence-corrected chi connectivity index (χ3v) is 2.33. The van der Waals surface area contributed by atoms with Gasteiger partial charge in [0.25, 0.3) is 0 Å². The number of benzene rings is 1. The molecule has 1 rings (SSSR count). The van der Waals surface area contributed by atoms with E-state index in [1.165, 1.54) is 12.1 Å². The molecule has 1 aromatic carbocycles. The molecule has 0 aliphatic carbocycles. The number of carboxylic acid groups (broad SMARTS) is 1. The van der Waals surface area contributed by atoms with Crippen LogP contribution in [-0.4, -0.2) is 49.2 Å². The van der Waals surface area contributed by atoms with Gasteiger partial charge < -0.3 is 20.6 Å². The molecule has 0 aromatic heterocycles. The molecule has 0 aliphatic heterocycles. The molecule has 0 atom stereocenters. The number of para-hydroxylation sites is 1. The maximum atomic E-state index is 13.5. The first-order chi connectivity index (χ1) is 8.91. The van der Waals surface area contributed by atoms with Gasteiger partial charge in [-0.25, -0.2) is 14.0 Å². The molecule has 3 N–H and O–H groups in total. The first kappa shape index (κ1) is 14.9. The summed E-state index contributed by atoms with van der Waals surface area (Å²) in [6.45, 7) is 0.992. The normalized spacial score (nSPS) is 10.3. The lowest BCUT2D eigenvalue weighted by Crippen LogP contribution is -2.35. The van der Waals surface area contributed by atoms with Crippen LogP contribution in [0.25, 0.3) is 0 Å². The SMILES string of the molecule is CN(C)CCNC(=O)Nc1c(F)cccc1C(=O)O. The highest BCUT2D eigenvalue weighted by Crippen LogP contribution is 2.19. The molecule has 0 fully saturated rings. The molecule has 0 spiro atoms. The predicted octanol–water partition coefficient (Wildman–Crippen LogP) is 1.21. The third kappa shape index (κ3) is 4.55. The van der Waals surface area contributed by atoms with Crippen molar-refractivity contribution >= 4 is 17.7 Å². The number of nitrogens with one attached hydrogen (secondary N) is 2. The Labute approximate surface area is 110 Å². The molecule has 0 radical (unpaired) electrons. The van der Waals surface area contributed by atoms with Crippen molar-refractivity contribution in [3.05, 3.63) is 29.6 Å². The van der Waals surface area contributed by atoms with E-state index < -0.39 is 17.8 Å². The van der Waals surface area contributed by atoms with Crippen LogP contribution >= 0.6 is 0 Å². The lowest BCUT2D eigenvalue weighted by atomic mass is 10.1. The first-order valence-electron chi connectivity index (χ1n) is 5.63. The molecule has 0 heterocycles. The minimum Gasteiger partial charge on any atom is -0.478 e. The molecule has 104 valence electrons. The maximum absolute atomic E-state index is 13.5. The van der Waals surface area contributed by atoms with Crippen molar-refractivity contribution in [2.24, 2.45) is 0 Å². The summed E-state index contributed by atoms with van der Waals surface area (Å²) in [5.41, 5.74) is -0.625. The molecule has 19 heavy (non-hydrogen) atoms. The van der Waals surface area contributed by atoms with E-state index in [1.54, 1.807) is 0 Å². The Kier molecular flexibility index (Phi) is 5.25. The van der Waals surface area contributed by atoms with Gasteiger partial charge in [0.1, 0.15) is 5.82 Å². The number of carboxylic acids is 1. The van der Waals surface area contributed by atoms with Crippen molar-refractivity contribution in [2.75, 3.05) is 32.5 Å². The van der Waals surface area contributed by atoms with Crippen LogP contribution in [0.5, 0.6) is 0 Å². The zero-order chi connectivity index (χ0) is 14.4. The number of carbonyl (C=O) groups is 2. The van der Waals surface area contributed by atoms with Crippen LogP contribution in [0, 0.1) is 5.82 Å². The second kappa shape index (κ2) is 6.69. The molecule has 0 aliphatic rings. The van der Waals surface area contributed by atoms with Crippen molar-refractivity contribution in [1.29, 1.82) is 0 Å². The van der Waals surface area contributed by atoms with Crippen LogP contribution in [-0.2, 0) is 0 Å². The van der Waals surface area contributed by atoms with E-state index in [1.807, 2.05) is 19.0 Å². The molecule has 0 saturated heterocycles. The molecule has 0 saturated carbocycles. The zero-order valence-corrected chi connectivity index (χ0v) is 10.7. The van der Waals surface area contributed by atoms with Gasteiger partial charge in [0.05, 0.1) is 11.3 Å². The van der Waals surface area contributed by atoms with E-state index in [9.17, 15) is 14.0 Å². The number of halogens is 1. The van der Waals surface area contributed by atoms with E-state index in [0.717, 1.165) is 6.07 Å². The molecule has 2 amide bonds. The van der Waals surface area contributed by atoms with Crippen molar-refractivity contribution < 1.29 is 19.1 Å². The van der Waals surface area contributed by atoms with E-state index in [0.29, 0.717) is 13.1 Å². The Morgan fingerprint density at radius 3 is 2.63 bits per heavy atom. The summed E-state index contributed by atoms with van der Waals surface area (Å²) in [4.78, 5) is 24.3. The molecule has 1 aromatic rings. The quantitative estimate of drug-likeness (QED) is 0.750. The molecule has 0 unspecified atom stereocenters. The van der Waals surface area contributed by atoms with Gasteiger partial charge in [-0.05, 0) is 26.2 Å². The highest BCUT2D eigenvalue weighted by Gasteiger charge is 2.16. The smallest absolute Gasteiger partial charge is 0.337 e. The van der Waals surface area contributed by atoms with Gasteiger partial charge in [-0.3, -0.25) is 0 Å². The van der Waals surface area contributed by atoms with Crippen LogP contribution in [0.4, 0.5) is 14.9 Å². The van der Waals surface area contributed by atoms with Gasteiger partial charge in [0.15, 0.2) is 0 Å². The number of hydrogen-bond donors (Lipinski definition) is 3. The van der Waals surface area contributed by atoms with E-state index in [-0.39, 0.29) is 11.3 Å². The number of amides is 2. The average Bonchev–Trinajstić information content (AvgIpc) is 2.30. The fourth-order valence-corrected chi connectivity index (χ4v) is 1.38. The predicted molar refractivity (Wildman–Crippen MR) is 68.9 cm³/mol. The second-order valence-electron chi connectivity index (χ2n) is 4.15. The van der Waals surface area contributed by atoms with Crippen LogP contribution in [0.2, 0.25) is 0 Å². The summed E-state index contributed by atoms with van der Waals surface area (Å²) in [7, 11) is 3.69. The van der Waals surface area contributed by atoms with Crippen LogP contribution in [0.15, 0.2) is 18.2 Å². The lowest BCUT2D eigenvalue weighted by Gasteiger charge is -2.12. The number of anilines is 1. The first-order valence-corrected chi connectivity index (χ1v) is 5.63. The molecular weight excluding hydrogens is 253 g/mol. The number of aromatic carboxylic acids is 1. The lowest BCUT2D eigenvalue weighted by molar-refractivity contribution is 0.0697. The Balaban J connectivity index is 2.71. The Hall–Kier alpha value is -2.15. The maximum Gasteiger partial charge on any atom is 0.337 e. The number of likely N-dealkylation sites (N-methyl/N-ethyl adjacent to an activating group) is 1. The third-order valence-electron chi connectivity index (χ3n) is 2.33. The summed E-state index contributed by atoms with van der Waals surface area (Å²) < 4.78 is 13.5. The summed E-state index contributed by atoms with van der Waals surface area (Å²) in [6, 6.07) is 2.94. The number of nitrogens with zero attached hydrogens (tertiary/aromatic N) is 1. The summed E-state index contributed by atoms with van der Waals surface area (Å²) in [5, 5.41) is 13.6. The largest absolute Gasteiger partial charge is 0.478 e. The second-order valence-corrected chi connectivity index (χ2v) is 4.15. The molecule has 0 bridgehead atoms. The van der Waals surface area contributed by atoms with Gasteiger partial charge in [-0.15, -0.1) is 0 Å². The zero-order valence-electron chi connectivity index (χ0n) is 10.7. The van der Waals surface area contributed by atoms with Crippen LogP contribution < -0.4 is 10.6 Å². The van der Waals surface area contributed by atoms with Gasteiger partial charge in [-0.1, -0.05) is 6.07 Å². The monoisotopic (exact) mass is 269 g/mol. The van der Waals surface area contributed by atoms with Gasteiger partial charge in [-0.2, -0.15) is 0 Å². The number of rotatable bonds is 5. The molecular formula is C12H16FN3O3. The average molecular weight is 269 g/mol. The standard InChI is InChI=1S/C12H16FN3O3/c1-16(2)7-6-14-12(19)15-10-8(11(17)18)4-3-5-9(10)13/h3-5H,6-7H2,1-2H3,(H,17,18)(H2,14,15,19). The summed E-state index contributed by atoms with van der Waals surface area (Å²) in [6.07, 6.45) is 0. The number of carbonyl (C=O) groups excluding carboxylic acids is 1. The number of hydrogen-bond acceptors (Lipinski definition) is 3. The minimum absolute atomic E-state index is 0.289. The summed E-state index contributed by atoms with van der Waals surface area (Å²) in [5.74, 6) is -2.09. The highest BCUT2D eigenvalue weighted by molar-refractivity contribution is 6.00. The van der Waals surface area contributed by atoms with Gasteiger partial charge >= 0.3 is 12.0 Å². The fourth-order valence-electron chi connectivity index (χ4n) is 1.38. The van der Waals surface area contributed by atoms with Gasteiger partial charge in [0, 0.05) is 13.1 Å². The van der Waals surface area contributed by atoms with Crippen molar-refractivity contribution in [3.8, 4) is 0 Å². The van der Waals surface area contributed by atoms with Gasteiger partial charge in [0.2, 0.25) is 0 Å². The van der Waals surface area contributed by atoms with Crippen molar-refractivity contribution in [1.82, 2.24) is 10.2 Å². The Morgan fingerprint density at radius 1 is 1.37 bits per heavy atom. The van der Waals surface area contributed by atoms with Crippen molar-refractivity contribution in [2.45, 2.75) is 0 Å². The minimum atomic E-state index is -1.30. The topological polar surface area (TPSA) is 81.7 Å².